The first-order valence-electron chi connectivity index (χ1n) is 5.86. The van der Waals surface area contributed by atoms with Gasteiger partial charge in [-0.15, -0.1) is 0 Å². The molecule has 0 aliphatic heterocycles. The predicted octanol–water partition coefficient (Wildman–Crippen LogP) is 3.91. The molecule has 0 fully saturated rings. The van der Waals surface area contributed by atoms with Gasteiger partial charge in [-0.3, -0.25) is 0 Å². The summed E-state index contributed by atoms with van der Waals surface area (Å²) in [6.07, 6.45) is 1.75. The highest BCUT2D eigenvalue weighted by atomic mass is 79.9. The van der Waals surface area contributed by atoms with Crippen molar-refractivity contribution in [2.24, 2.45) is 0 Å². The molecule has 0 spiro atoms. The smallest absolute Gasteiger partial charge is 0.150 e. The van der Waals surface area contributed by atoms with Gasteiger partial charge in [0, 0.05) is 0 Å². The lowest BCUT2D eigenvalue weighted by Gasteiger charge is -2.10. The first kappa shape index (κ1) is 13.2. The molecule has 2 aromatic rings. The van der Waals surface area contributed by atoms with Gasteiger partial charge in [0.25, 0.3) is 0 Å². The molecule has 0 radical (unpaired) electrons. The number of aliphatic hydroxyl groups is 1. The average molecular weight is 311 g/mol. The van der Waals surface area contributed by atoms with Crippen LogP contribution in [0.15, 0.2) is 45.5 Å². The third-order valence-corrected chi connectivity index (χ3v) is 3.22. The van der Waals surface area contributed by atoms with Crippen LogP contribution in [-0.2, 0) is 0 Å². The molecule has 1 N–H and O–H groups in total. The van der Waals surface area contributed by atoms with E-state index in [4.69, 9.17) is 9.15 Å². The zero-order chi connectivity index (χ0) is 13.0. The predicted molar refractivity (Wildman–Crippen MR) is 72.7 cm³/mol. The summed E-state index contributed by atoms with van der Waals surface area (Å²) in [7, 11) is 0. The van der Waals surface area contributed by atoms with E-state index < -0.39 is 6.10 Å². The Bertz CT molecular complexity index is 490. The minimum absolute atomic E-state index is 0.511. The molecule has 1 atom stereocenters. The fraction of sp³-hybridized carbons (Fsp3) is 0.286. The van der Waals surface area contributed by atoms with Crippen LogP contribution in [-0.4, -0.2) is 11.7 Å². The molecule has 96 valence electrons. The van der Waals surface area contributed by atoms with Gasteiger partial charge < -0.3 is 14.3 Å². The van der Waals surface area contributed by atoms with Gasteiger partial charge in [-0.25, -0.2) is 0 Å². The Morgan fingerprint density at radius 3 is 2.56 bits per heavy atom. The summed E-state index contributed by atoms with van der Waals surface area (Å²) in [6.45, 7) is 2.76. The van der Waals surface area contributed by atoms with Crippen LogP contribution in [0.3, 0.4) is 0 Å². The SMILES string of the molecule is CCCOc1ccc(C(O)c2occc2Br)cc1. The summed E-state index contributed by atoms with van der Waals surface area (Å²) < 4.78 is 11.5. The van der Waals surface area contributed by atoms with E-state index in [1.807, 2.05) is 24.3 Å². The molecule has 0 saturated heterocycles. The zero-order valence-corrected chi connectivity index (χ0v) is 11.7. The second-order valence-corrected chi connectivity index (χ2v) is 4.81. The van der Waals surface area contributed by atoms with Gasteiger partial charge in [-0.2, -0.15) is 0 Å². The van der Waals surface area contributed by atoms with Gasteiger partial charge in [-0.1, -0.05) is 19.1 Å². The quantitative estimate of drug-likeness (QED) is 0.910. The van der Waals surface area contributed by atoms with Crippen LogP contribution in [0, 0.1) is 0 Å². The molecular formula is C14H15BrO3. The minimum Gasteiger partial charge on any atom is -0.494 e. The molecular weight excluding hydrogens is 296 g/mol. The number of rotatable bonds is 5. The molecule has 0 aliphatic carbocycles. The van der Waals surface area contributed by atoms with E-state index in [0.717, 1.165) is 22.2 Å². The van der Waals surface area contributed by atoms with E-state index in [1.165, 1.54) is 0 Å². The molecule has 0 bridgehead atoms. The first-order chi connectivity index (χ1) is 8.72. The molecule has 0 amide bonds. The largest absolute Gasteiger partial charge is 0.494 e. The lowest BCUT2D eigenvalue weighted by Crippen LogP contribution is -1.99. The Kier molecular flexibility index (Phi) is 4.44. The van der Waals surface area contributed by atoms with Crippen molar-refractivity contribution >= 4 is 15.9 Å². The maximum Gasteiger partial charge on any atom is 0.150 e. The van der Waals surface area contributed by atoms with Gasteiger partial charge >= 0.3 is 0 Å². The third kappa shape index (κ3) is 2.94. The van der Waals surface area contributed by atoms with Crippen LogP contribution < -0.4 is 4.74 Å². The van der Waals surface area contributed by atoms with Crippen LogP contribution in [0.25, 0.3) is 0 Å². The van der Waals surface area contributed by atoms with Crippen molar-refractivity contribution in [1.29, 1.82) is 0 Å². The van der Waals surface area contributed by atoms with Crippen LogP contribution in [0.2, 0.25) is 0 Å². The summed E-state index contributed by atoms with van der Waals surface area (Å²) in [4.78, 5) is 0. The number of hydrogen-bond acceptors (Lipinski definition) is 3. The molecule has 1 unspecified atom stereocenters. The van der Waals surface area contributed by atoms with E-state index in [9.17, 15) is 5.11 Å². The first-order valence-corrected chi connectivity index (χ1v) is 6.65. The van der Waals surface area contributed by atoms with E-state index in [-0.39, 0.29) is 0 Å². The van der Waals surface area contributed by atoms with E-state index in [0.29, 0.717) is 12.4 Å². The Balaban J connectivity index is 2.12. The number of aliphatic hydroxyl groups excluding tert-OH is 1. The fourth-order valence-electron chi connectivity index (χ4n) is 1.62. The monoisotopic (exact) mass is 310 g/mol. The van der Waals surface area contributed by atoms with Crippen LogP contribution in [0.5, 0.6) is 5.75 Å². The number of halogens is 1. The van der Waals surface area contributed by atoms with Crippen molar-refractivity contribution in [3.05, 3.63) is 52.4 Å². The molecule has 1 aromatic heterocycles. The molecule has 3 nitrogen and oxygen atoms in total. The standard InChI is InChI=1S/C14H15BrO3/c1-2-8-17-11-5-3-10(4-6-11)13(16)14-12(15)7-9-18-14/h3-7,9,13,16H,2,8H2,1H3. The highest BCUT2D eigenvalue weighted by Gasteiger charge is 2.16. The summed E-state index contributed by atoms with van der Waals surface area (Å²) in [6, 6.07) is 9.14. The van der Waals surface area contributed by atoms with Gasteiger partial charge in [0.1, 0.15) is 11.9 Å². The number of benzene rings is 1. The molecule has 18 heavy (non-hydrogen) atoms. The van der Waals surface area contributed by atoms with Crippen molar-refractivity contribution in [1.82, 2.24) is 0 Å². The Morgan fingerprint density at radius 2 is 2.00 bits per heavy atom. The topological polar surface area (TPSA) is 42.6 Å². The van der Waals surface area contributed by atoms with Gasteiger partial charge in [0.2, 0.25) is 0 Å². The summed E-state index contributed by atoms with van der Waals surface area (Å²) in [5.74, 6) is 1.32. The summed E-state index contributed by atoms with van der Waals surface area (Å²) in [5.41, 5.74) is 0.773. The summed E-state index contributed by atoms with van der Waals surface area (Å²) in [5, 5.41) is 10.2. The Morgan fingerprint density at radius 1 is 1.28 bits per heavy atom. The second-order valence-electron chi connectivity index (χ2n) is 3.95. The summed E-state index contributed by atoms with van der Waals surface area (Å²) >= 11 is 3.33. The second kappa shape index (κ2) is 6.07. The molecule has 2 rings (SSSR count). The molecule has 1 aromatic carbocycles. The number of hydrogen-bond donors (Lipinski definition) is 1. The minimum atomic E-state index is -0.769. The third-order valence-electron chi connectivity index (χ3n) is 2.56. The average Bonchev–Trinajstić information content (AvgIpc) is 2.82. The molecule has 0 saturated carbocycles. The highest BCUT2D eigenvalue weighted by molar-refractivity contribution is 9.10. The van der Waals surface area contributed by atoms with E-state index in [1.54, 1.807) is 12.3 Å². The number of ether oxygens (including phenoxy) is 1. The van der Waals surface area contributed by atoms with E-state index >= 15 is 0 Å². The van der Waals surface area contributed by atoms with Gasteiger partial charge in [0.05, 0.1) is 17.3 Å². The van der Waals surface area contributed by atoms with Crippen molar-refractivity contribution in [3.63, 3.8) is 0 Å². The van der Waals surface area contributed by atoms with Crippen molar-refractivity contribution in [2.45, 2.75) is 19.4 Å². The lowest BCUT2D eigenvalue weighted by atomic mass is 10.1. The fourth-order valence-corrected chi connectivity index (χ4v) is 2.04. The van der Waals surface area contributed by atoms with E-state index in [2.05, 4.69) is 22.9 Å². The Hall–Kier alpha value is -1.26. The number of furan rings is 1. The van der Waals surface area contributed by atoms with Crippen molar-refractivity contribution in [2.75, 3.05) is 6.61 Å². The van der Waals surface area contributed by atoms with Gasteiger partial charge in [0.15, 0.2) is 5.76 Å². The van der Waals surface area contributed by atoms with Crippen molar-refractivity contribution < 1.29 is 14.3 Å². The van der Waals surface area contributed by atoms with Gasteiger partial charge in [-0.05, 0) is 46.1 Å². The lowest BCUT2D eigenvalue weighted by molar-refractivity contribution is 0.188. The Labute approximate surface area is 115 Å². The van der Waals surface area contributed by atoms with Crippen LogP contribution >= 0.6 is 15.9 Å². The normalized spacial score (nSPS) is 12.4. The zero-order valence-electron chi connectivity index (χ0n) is 10.1. The molecule has 0 aliphatic rings. The molecule has 1 heterocycles. The maximum atomic E-state index is 10.2. The van der Waals surface area contributed by atoms with Crippen LogP contribution in [0.1, 0.15) is 30.8 Å². The van der Waals surface area contributed by atoms with Crippen LogP contribution in [0.4, 0.5) is 0 Å². The highest BCUT2D eigenvalue weighted by Crippen LogP contribution is 2.30. The maximum absolute atomic E-state index is 10.2. The van der Waals surface area contributed by atoms with Crippen molar-refractivity contribution in [3.8, 4) is 5.75 Å². The molecule has 4 heteroatoms.